The number of hydrogen-bond donors (Lipinski definition) is 1. The molecular weight excluding hydrogens is 234 g/mol. The Hall–Kier alpha value is -0.990. The van der Waals surface area contributed by atoms with Gasteiger partial charge < -0.3 is 9.88 Å². The maximum Gasteiger partial charge on any atom is 0.203 e. The summed E-state index contributed by atoms with van der Waals surface area (Å²) in [4.78, 5) is 4.51. The summed E-state index contributed by atoms with van der Waals surface area (Å²) in [5, 5.41) is 3.50. The number of aromatic nitrogens is 2. The Kier molecular flexibility index (Phi) is 4.89. The van der Waals surface area contributed by atoms with Crippen molar-refractivity contribution in [2.45, 2.75) is 59.4 Å². The lowest BCUT2D eigenvalue weighted by Crippen LogP contribution is -2.28. The second-order valence-electron chi connectivity index (χ2n) is 6.69. The molecule has 0 saturated heterocycles. The number of rotatable bonds is 5. The molecule has 1 aliphatic rings. The predicted molar refractivity (Wildman–Crippen MR) is 81.4 cm³/mol. The number of anilines is 1. The Labute approximate surface area is 117 Å². The van der Waals surface area contributed by atoms with E-state index in [4.69, 9.17) is 0 Å². The number of imidazole rings is 1. The van der Waals surface area contributed by atoms with Gasteiger partial charge in [0.2, 0.25) is 5.95 Å². The minimum atomic E-state index is 0.630. The first kappa shape index (κ1) is 14.4. The van der Waals surface area contributed by atoms with Gasteiger partial charge in [-0.1, -0.05) is 40.5 Å². The SMILES string of the molecule is CC(C)CNc1nccn1C1CCCCC1C(C)C. The van der Waals surface area contributed by atoms with Crippen LogP contribution in [0.4, 0.5) is 5.95 Å². The summed E-state index contributed by atoms with van der Waals surface area (Å²) < 4.78 is 2.40. The molecule has 1 aliphatic carbocycles. The molecule has 2 rings (SSSR count). The molecule has 0 bridgehead atoms. The minimum Gasteiger partial charge on any atom is -0.355 e. The van der Waals surface area contributed by atoms with Crippen LogP contribution in [0.15, 0.2) is 12.4 Å². The van der Waals surface area contributed by atoms with Crippen LogP contribution in [0.2, 0.25) is 0 Å². The van der Waals surface area contributed by atoms with Gasteiger partial charge in [0, 0.05) is 25.0 Å². The highest BCUT2D eigenvalue weighted by atomic mass is 15.2. The Morgan fingerprint density at radius 1 is 1.26 bits per heavy atom. The van der Waals surface area contributed by atoms with Crippen LogP contribution in [0.1, 0.15) is 59.4 Å². The van der Waals surface area contributed by atoms with Crippen molar-refractivity contribution in [1.82, 2.24) is 9.55 Å². The fraction of sp³-hybridized carbons (Fsp3) is 0.812. The van der Waals surface area contributed by atoms with Crippen molar-refractivity contribution in [3.05, 3.63) is 12.4 Å². The first-order valence-corrected chi connectivity index (χ1v) is 7.86. The van der Waals surface area contributed by atoms with E-state index in [2.05, 4.69) is 48.8 Å². The molecule has 1 aromatic heterocycles. The lowest BCUT2D eigenvalue weighted by molar-refractivity contribution is 0.186. The van der Waals surface area contributed by atoms with Gasteiger partial charge in [-0.2, -0.15) is 0 Å². The standard InChI is InChI=1S/C16H29N3/c1-12(2)11-18-16-17-9-10-19(16)15-8-6-5-7-14(15)13(3)4/h9-10,12-15H,5-8,11H2,1-4H3,(H,17,18). The molecule has 0 aliphatic heterocycles. The third kappa shape index (κ3) is 3.52. The molecule has 19 heavy (non-hydrogen) atoms. The fourth-order valence-corrected chi connectivity index (χ4v) is 3.28. The van der Waals surface area contributed by atoms with Crippen molar-refractivity contribution in [3.63, 3.8) is 0 Å². The average Bonchev–Trinajstić information content (AvgIpc) is 2.84. The molecule has 1 N–H and O–H groups in total. The molecule has 108 valence electrons. The van der Waals surface area contributed by atoms with E-state index in [1.807, 2.05) is 6.20 Å². The van der Waals surface area contributed by atoms with Crippen molar-refractivity contribution in [2.24, 2.45) is 17.8 Å². The normalized spacial score (nSPS) is 24.1. The molecule has 3 heteroatoms. The molecular formula is C16H29N3. The second-order valence-corrected chi connectivity index (χ2v) is 6.69. The van der Waals surface area contributed by atoms with Crippen LogP contribution in [0, 0.1) is 17.8 Å². The van der Waals surface area contributed by atoms with E-state index in [-0.39, 0.29) is 0 Å². The average molecular weight is 263 g/mol. The monoisotopic (exact) mass is 263 g/mol. The van der Waals surface area contributed by atoms with Gasteiger partial charge in [-0.25, -0.2) is 4.98 Å². The van der Waals surface area contributed by atoms with Crippen molar-refractivity contribution in [2.75, 3.05) is 11.9 Å². The summed E-state index contributed by atoms with van der Waals surface area (Å²) in [6, 6.07) is 0.630. The molecule has 0 amide bonds. The Balaban J connectivity index is 2.13. The summed E-state index contributed by atoms with van der Waals surface area (Å²) >= 11 is 0. The maximum absolute atomic E-state index is 4.51. The Morgan fingerprint density at radius 3 is 2.68 bits per heavy atom. The zero-order valence-electron chi connectivity index (χ0n) is 12.9. The van der Waals surface area contributed by atoms with E-state index in [0.29, 0.717) is 12.0 Å². The Bertz CT molecular complexity index is 381. The number of hydrogen-bond acceptors (Lipinski definition) is 2. The molecule has 0 aromatic carbocycles. The summed E-state index contributed by atoms with van der Waals surface area (Å²) in [6.45, 7) is 10.2. The number of nitrogens with zero attached hydrogens (tertiary/aromatic N) is 2. The summed E-state index contributed by atoms with van der Waals surface area (Å²) in [5.41, 5.74) is 0. The van der Waals surface area contributed by atoms with Gasteiger partial charge >= 0.3 is 0 Å². The van der Waals surface area contributed by atoms with E-state index in [9.17, 15) is 0 Å². The highest BCUT2D eigenvalue weighted by Gasteiger charge is 2.29. The van der Waals surface area contributed by atoms with Gasteiger partial charge in [0.15, 0.2) is 0 Å². The lowest BCUT2D eigenvalue weighted by Gasteiger charge is -2.36. The zero-order valence-corrected chi connectivity index (χ0v) is 12.9. The smallest absolute Gasteiger partial charge is 0.203 e. The van der Waals surface area contributed by atoms with Crippen LogP contribution in [-0.4, -0.2) is 16.1 Å². The molecule has 0 spiro atoms. The fourth-order valence-electron chi connectivity index (χ4n) is 3.28. The van der Waals surface area contributed by atoms with Gasteiger partial charge in [-0.15, -0.1) is 0 Å². The quantitative estimate of drug-likeness (QED) is 0.856. The first-order valence-electron chi connectivity index (χ1n) is 7.86. The van der Waals surface area contributed by atoms with Gasteiger partial charge in [-0.3, -0.25) is 0 Å². The molecule has 1 fully saturated rings. The lowest BCUT2D eigenvalue weighted by atomic mass is 9.77. The minimum absolute atomic E-state index is 0.630. The summed E-state index contributed by atoms with van der Waals surface area (Å²) in [7, 11) is 0. The third-order valence-electron chi connectivity index (χ3n) is 4.33. The van der Waals surface area contributed by atoms with Gasteiger partial charge in [-0.05, 0) is 30.6 Å². The van der Waals surface area contributed by atoms with Crippen molar-refractivity contribution >= 4 is 5.95 Å². The molecule has 2 atom stereocenters. The number of nitrogens with one attached hydrogen (secondary N) is 1. The topological polar surface area (TPSA) is 29.9 Å². The van der Waals surface area contributed by atoms with Crippen LogP contribution < -0.4 is 5.32 Å². The Morgan fingerprint density at radius 2 is 2.00 bits per heavy atom. The van der Waals surface area contributed by atoms with Crippen LogP contribution in [0.5, 0.6) is 0 Å². The van der Waals surface area contributed by atoms with E-state index in [1.54, 1.807) is 0 Å². The van der Waals surface area contributed by atoms with E-state index >= 15 is 0 Å². The molecule has 1 saturated carbocycles. The second kappa shape index (κ2) is 6.44. The van der Waals surface area contributed by atoms with Gasteiger partial charge in [0.05, 0.1) is 0 Å². The maximum atomic E-state index is 4.51. The third-order valence-corrected chi connectivity index (χ3v) is 4.33. The first-order chi connectivity index (χ1) is 9.09. The van der Waals surface area contributed by atoms with Crippen LogP contribution >= 0.6 is 0 Å². The zero-order chi connectivity index (χ0) is 13.8. The summed E-state index contributed by atoms with van der Waals surface area (Å²) in [5.74, 6) is 3.26. The molecule has 2 unspecified atom stereocenters. The summed E-state index contributed by atoms with van der Waals surface area (Å²) in [6.07, 6.45) is 9.51. The highest BCUT2D eigenvalue weighted by molar-refractivity contribution is 5.27. The molecule has 1 aromatic rings. The highest BCUT2D eigenvalue weighted by Crippen LogP contribution is 2.39. The van der Waals surface area contributed by atoms with Crippen LogP contribution in [0.25, 0.3) is 0 Å². The van der Waals surface area contributed by atoms with Crippen LogP contribution in [-0.2, 0) is 0 Å². The van der Waals surface area contributed by atoms with E-state index in [1.165, 1.54) is 25.7 Å². The van der Waals surface area contributed by atoms with Gasteiger partial charge in [0.1, 0.15) is 0 Å². The molecule has 3 nitrogen and oxygen atoms in total. The molecule has 1 heterocycles. The molecule has 0 radical (unpaired) electrons. The van der Waals surface area contributed by atoms with E-state index in [0.717, 1.165) is 24.3 Å². The predicted octanol–water partition coefficient (Wildman–Crippen LogP) is 4.34. The van der Waals surface area contributed by atoms with Crippen molar-refractivity contribution in [1.29, 1.82) is 0 Å². The van der Waals surface area contributed by atoms with Crippen molar-refractivity contribution in [3.8, 4) is 0 Å². The van der Waals surface area contributed by atoms with E-state index < -0.39 is 0 Å². The van der Waals surface area contributed by atoms with Crippen LogP contribution in [0.3, 0.4) is 0 Å². The largest absolute Gasteiger partial charge is 0.355 e. The van der Waals surface area contributed by atoms with Gasteiger partial charge in [0.25, 0.3) is 0 Å². The van der Waals surface area contributed by atoms with Crippen molar-refractivity contribution < 1.29 is 0 Å².